The van der Waals surface area contributed by atoms with Crippen LogP contribution in [0.3, 0.4) is 0 Å². The molecule has 2 fully saturated rings. The average Bonchev–Trinajstić information content (AvgIpc) is 3.31. The van der Waals surface area contributed by atoms with Gasteiger partial charge in [-0.1, -0.05) is 29.8 Å². The smallest absolute Gasteiger partial charge is 0.233 e. The molecule has 3 nitrogen and oxygen atoms in total. The number of likely N-dealkylation sites (tertiary alicyclic amines) is 1. The number of aryl methyl sites for hydroxylation is 1. The van der Waals surface area contributed by atoms with Gasteiger partial charge in [0.05, 0.1) is 5.41 Å². The molecule has 0 aromatic heterocycles. The molecule has 120 valence electrons. The molecule has 3 heteroatoms. The molecule has 1 amide bonds. The Bertz CT molecular complexity index is 531. The monoisotopic (exact) mass is 300 g/mol. The molecule has 1 saturated heterocycles. The Hall–Kier alpha value is -1.35. The number of carbonyl (C=O) groups excluding carboxylic acids is 1. The van der Waals surface area contributed by atoms with Crippen LogP contribution in [0.5, 0.6) is 0 Å². The first-order valence-corrected chi connectivity index (χ1v) is 8.56. The van der Waals surface area contributed by atoms with E-state index < -0.39 is 0 Å². The van der Waals surface area contributed by atoms with Crippen molar-refractivity contribution in [1.29, 1.82) is 0 Å². The minimum atomic E-state index is -0.203. The molecule has 0 radical (unpaired) electrons. The highest BCUT2D eigenvalue weighted by Gasteiger charge is 2.52. The molecule has 3 rings (SSSR count). The third-order valence-corrected chi connectivity index (χ3v) is 5.48. The Balaban J connectivity index is 1.72. The zero-order valence-electron chi connectivity index (χ0n) is 14.1. The number of nitrogens with zero attached hydrogens (tertiary/aromatic N) is 2. The van der Waals surface area contributed by atoms with Gasteiger partial charge in [0.1, 0.15) is 0 Å². The fraction of sp³-hybridized carbons (Fsp3) is 0.632. The number of carbonyl (C=O) groups is 1. The van der Waals surface area contributed by atoms with Crippen LogP contribution in [0.4, 0.5) is 0 Å². The van der Waals surface area contributed by atoms with Crippen LogP contribution in [0.2, 0.25) is 0 Å². The number of amides is 1. The molecular weight excluding hydrogens is 272 g/mol. The maximum Gasteiger partial charge on any atom is 0.233 e. The lowest BCUT2D eigenvalue weighted by Gasteiger charge is -2.27. The highest BCUT2D eigenvalue weighted by molar-refractivity contribution is 5.91. The van der Waals surface area contributed by atoms with Crippen molar-refractivity contribution in [3.05, 3.63) is 35.4 Å². The Morgan fingerprint density at radius 3 is 2.41 bits per heavy atom. The number of rotatable bonds is 3. The van der Waals surface area contributed by atoms with E-state index >= 15 is 0 Å². The summed E-state index contributed by atoms with van der Waals surface area (Å²) in [5, 5.41) is 0. The Kier molecular flexibility index (Phi) is 4.26. The minimum Gasteiger partial charge on any atom is -0.342 e. The van der Waals surface area contributed by atoms with Crippen LogP contribution in [-0.2, 0) is 10.2 Å². The maximum atomic E-state index is 13.1. The molecule has 2 aliphatic rings. The van der Waals surface area contributed by atoms with Crippen LogP contribution in [-0.4, -0.2) is 48.9 Å². The molecule has 1 aromatic rings. The van der Waals surface area contributed by atoms with Crippen LogP contribution >= 0.6 is 0 Å². The number of hydrogen-bond acceptors (Lipinski definition) is 2. The van der Waals surface area contributed by atoms with Gasteiger partial charge < -0.3 is 9.80 Å². The first-order chi connectivity index (χ1) is 10.5. The van der Waals surface area contributed by atoms with Crippen LogP contribution < -0.4 is 0 Å². The van der Waals surface area contributed by atoms with Gasteiger partial charge in [0.15, 0.2) is 0 Å². The first kappa shape index (κ1) is 15.5. The van der Waals surface area contributed by atoms with E-state index in [-0.39, 0.29) is 5.41 Å². The lowest BCUT2D eigenvalue weighted by Crippen LogP contribution is -2.40. The van der Waals surface area contributed by atoms with Crippen molar-refractivity contribution < 1.29 is 4.79 Å². The molecule has 1 unspecified atom stereocenters. The quantitative estimate of drug-likeness (QED) is 0.857. The van der Waals surface area contributed by atoms with Gasteiger partial charge in [0, 0.05) is 19.1 Å². The van der Waals surface area contributed by atoms with Gasteiger partial charge in [-0.3, -0.25) is 4.79 Å². The number of benzene rings is 1. The Morgan fingerprint density at radius 1 is 1.14 bits per heavy atom. The third-order valence-electron chi connectivity index (χ3n) is 5.48. The van der Waals surface area contributed by atoms with Crippen molar-refractivity contribution >= 4 is 5.91 Å². The van der Waals surface area contributed by atoms with E-state index in [0.29, 0.717) is 11.9 Å². The zero-order chi connectivity index (χ0) is 15.7. The minimum absolute atomic E-state index is 0.203. The Labute approximate surface area is 134 Å². The van der Waals surface area contributed by atoms with E-state index in [1.807, 2.05) is 0 Å². The summed E-state index contributed by atoms with van der Waals surface area (Å²) in [6.45, 7) is 3.94. The van der Waals surface area contributed by atoms with Crippen LogP contribution in [0.25, 0.3) is 0 Å². The van der Waals surface area contributed by atoms with E-state index in [9.17, 15) is 4.79 Å². The Morgan fingerprint density at radius 2 is 1.82 bits per heavy atom. The van der Waals surface area contributed by atoms with Gasteiger partial charge in [-0.2, -0.15) is 0 Å². The predicted molar refractivity (Wildman–Crippen MR) is 90.0 cm³/mol. The largest absolute Gasteiger partial charge is 0.342 e. The molecule has 22 heavy (non-hydrogen) atoms. The van der Waals surface area contributed by atoms with Crippen molar-refractivity contribution in [1.82, 2.24) is 9.80 Å². The van der Waals surface area contributed by atoms with E-state index in [0.717, 1.165) is 38.8 Å². The van der Waals surface area contributed by atoms with E-state index in [2.05, 4.69) is 55.1 Å². The molecule has 1 aliphatic carbocycles. The predicted octanol–water partition coefficient (Wildman–Crippen LogP) is 2.97. The molecule has 1 aromatic carbocycles. The molecule has 0 spiro atoms. The molecule has 1 heterocycles. The van der Waals surface area contributed by atoms with E-state index in [1.54, 1.807) is 0 Å². The van der Waals surface area contributed by atoms with Gasteiger partial charge in [0.25, 0.3) is 0 Å². The summed E-state index contributed by atoms with van der Waals surface area (Å²) in [6.07, 6.45) is 5.46. The normalized spacial score (nSPS) is 24.2. The van der Waals surface area contributed by atoms with E-state index in [4.69, 9.17) is 0 Å². The summed E-state index contributed by atoms with van der Waals surface area (Å²) in [5.41, 5.74) is 2.28. The zero-order valence-corrected chi connectivity index (χ0v) is 14.1. The second kappa shape index (κ2) is 6.04. The van der Waals surface area contributed by atoms with Crippen molar-refractivity contribution in [2.45, 2.75) is 50.5 Å². The molecule has 1 saturated carbocycles. The van der Waals surface area contributed by atoms with Crippen LogP contribution in [0.1, 0.15) is 43.2 Å². The van der Waals surface area contributed by atoms with Crippen LogP contribution in [0.15, 0.2) is 24.3 Å². The fourth-order valence-electron chi connectivity index (χ4n) is 3.72. The summed E-state index contributed by atoms with van der Waals surface area (Å²) < 4.78 is 0. The van der Waals surface area contributed by atoms with Crippen molar-refractivity contribution in [2.24, 2.45) is 0 Å². The summed E-state index contributed by atoms with van der Waals surface area (Å²) in [6, 6.07) is 9.19. The third kappa shape index (κ3) is 2.91. The second-order valence-electron chi connectivity index (χ2n) is 7.29. The summed E-state index contributed by atoms with van der Waals surface area (Å²) in [4.78, 5) is 17.6. The van der Waals surface area contributed by atoms with Gasteiger partial charge in [-0.25, -0.2) is 0 Å². The van der Waals surface area contributed by atoms with Crippen molar-refractivity contribution in [3.63, 3.8) is 0 Å². The molecule has 0 N–H and O–H groups in total. The van der Waals surface area contributed by atoms with Gasteiger partial charge >= 0.3 is 0 Å². The second-order valence-corrected chi connectivity index (χ2v) is 7.29. The first-order valence-electron chi connectivity index (χ1n) is 8.56. The highest BCUT2D eigenvalue weighted by atomic mass is 16.2. The van der Waals surface area contributed by atoms with Gasteiger partial charge in [-0.05, 0) is 58.7 Å². The summed E-state index contributed by atoms with van der Waals surface area (Å²) >= 11 is 0. The molecule has 1 atom stereocenters. The summed E-state index contributed by atoms with van der Waals surface area (Å²) in [5.74, 6) is 0.371. The van der Waals surface area contributed by atoms with Crippen molar-refractivity contribution in [2.75, 3.05) is 27.2 Å². The fourth-order valence-corrected chi connectivity index (χ4v) is 3.72. The summed E-state index contributed by atoms with van der Waals surface area (Å²) in [7, 11) is 4.30. The molecule has 1 aliphatic heterocycles. The van der Waals surface area contributed by atoms with Crippen molar-refractivity contribution in [3.8, 4) is 0 Å². The maximum absolute atomic E-state index is 13.1. The van der Waals surface area contributed by atoms with Crippen LogP contribution in [0, 0.1) is 6.92 Å². The van der Waals surface area contributed by atoms with E-state index in [1.165, 1.54) is 17.5 Å². The number of hydrogen-bond donors (Lipinski definition) is 0. The van der Waals surface area contributed by atoms with Gasteiger partial charge in [-0.15, -0.1) is 0 Å². The van der Waals surface area contributed by atoms with Gasteiger partial charge in [0.2, 0.25) is 5.91 Å². The standard InChI is InChI=1S/C19H28N2O/c1-15-6-8-16(9-7-15)19(11-12-19)18(22)21-13-4-5-17(10-14-21)20(2)3/h6-9,17H,4-5,10-14H2,1-3H3. The lowest BCUT2D eigenvalue weighted by molar-refractivity contribution is -0.134. The molecular formula is C19H28N2O. The topological polar surface area (TPSA) is 23.6 Å². The lowest BCUT2D eigenvalue weighted by atomic mass is 9.93. The average molecular weight is 300 g/mol. The highest BCUT2D eigenvalue weighted by Crippen LogP contribution is 2.49. The SMILES string of the molecule is Cc1ccc(C2(C(=O)N3CCCC(N(C)C)CC3)CC2)cc1. The molecule has 0 bridgehead atoms.